The lowest BCUT2D eigenvalue weighted by molar-refractivity contribution is -0.124. The summed E-state index contributed by atoms with van der Waals surface area (Å²) in [6.07, 6.45) is 6.36. The molecule has 0 spiro atoms. The van der Waals surface area contributed by atoms with Gasteiger partial charge in [0, 0.05) is 18.5 Å². The van der Waals surface area contributed by atoms with Crippen LogP contribution in [0.25, 0.3) is 0 Å². The van der Waals surface area contributed by atoms with Crippen LogP contribution < -0.4 is 11.1 Å². The Balaban J connectivity index is 1.94. The van der Waals surface area contributed by atoms with Crippen molar-refractivity contribution in [2.24, 2.45) is 28.4 Å². The van der Waals surface area contributed by atoms with Crippen molar-refractivity contribution in [2.75, 3.05) is 6.54 Å². The molecule has 2 fully saturated rings. The van der Waals surface area contributed by atoms with E-state index in [9.17, 15) is 4.79 Å². The summed E-state index contributed by atoms with van der Waals surface area (Å²) in [7, 11) is 0. The molecular weight excluding hydrogens is 236 g/mol. The molecule has 0 radical (unpaired) electrons. The van der Waals surface area contributed by atoms with Gasteiger partial charge in [-0.2, -0.15) is 0 Å². The van der Waals surface area contributed by atoms with Crippen LogP contribution in [-0.4, -0.2) is 18.5 Å². The summed E-state index contributed by atoms with van der Waals surface area (Å²) in [5.41, 5.74) is 6.12. The van der Waals surface area contributed by atoms with Gasteiger partial charge >= 0.3 is 0 Å². The van der Waals surface area contributed by atoms with Crippen LogP contribution in [0.5, 0.6) is 0 Å². The van der Waals surface area contributed by atoms with Crippen LogP contribution in [0.4, 0.5) is 0 Å². The van der Waals surface area contributed by atoms with E-state index in [1.165, 1.54) is 32.1 Å². The van der Waals surface area contributed by atoms with E-state index in [1.54, 1.807) is 0 Å². The predicted molar refractivity (Wildman–Crippen MR) is 78.6 cm³/mol. The van der Waals surface area contributed by atoms with E-state index in [4.69, 9.17) is 5.73 Å². The minimum atomic E-state index is 0.114. The number of carbonyl (C=O) groups excluding carboxylic acids is 1. The minimum Gasteiger partial charge on any atom is -0.352 e. The average Bonchev–Trinajstić information content (AvgIpc) is 2.77. The van der Waals surface area contributed by atoms with Crippen LogP contribution in [0.2, 0.25) is 0 Å². The quantitative estimate of drug-likeness (QED) is 0.822. The third kappa shape index (κ3) is 2.54. The van der Waals surface area contributed by atoms with E-state index in [0.717, 1.165) is 0 Å². The van der Waals surface area contributed by atoms with Gasteiger partial charge in [-0.3, -0.25) is 4.79 Å². The van der Waals surface area contributed by atoms with Gasteiger partial charge in [0.15, 0.2) is 0 Å². The summed E-state index contributed by atoms with van der Waals surface area (Å²) >= 11 is 0. The molecule has 0 aromatic carbocycles. The van der Waals surface area contributed by atoms with Crippen molar-refractivity contribution in [3.8, 4) is 0 Å². The molecule has 3 N–H and O–H groups in total. The van der Waals surface area contributed by atoms with E-state index in [0.29, 0.717) is 12.5 Å². The molecule has 2 aliphatic carbocycles. The largest absolute Gasteiger partial charge is 0.352 e. The highest BCUT2D eigenvalue weighted by atomic mass is 16.2. The maximum absolute atomic E-state index is 12.5. The van der Waals surface area contributed by atoms with Crippen LogP contribution in [0.1, 0.15) is 59.8 Å². The summed E-state index contributed by atoms with van der Waals surface area (Å²) in [6.45, 7) is 9.33. The Labute approximate surface area is 117 Å². The average molecular weight is 266 g/mol. The topological polar surface area (TPSA) is 55.1 Å². The van der Waals surface area contributed by atoms with Gasteiger partial charge in [-0.15, -0.1) is 0 Å². The molecule has 0 bridgehead atoms. The molecule has 1 amide bonds. The van der Waals surface area contributed by atoms with Gasteiger partial charge in [0.25, 0.3) is 0 Å². The molecule has 0 aromatic heterocycles. The summed E-state index contributed by atoms with van der Waals surface area (Å²) in [4.78, 5) is 12.5. The first kappa shape index (κ1) is 14.8. The molecule has 2 aliphatic rings. The number of amides is 1. The smallest absolute Gasteiger partial charge is 0.224 e. The van der Waals surface area contributed by atoms with E-state index in [1.807, 2.05) is 0 Å². The first-order valence-corrected chi connectivity index (χ1v) is 7.83. The van der Waals surface area contributed by atoms with E-state index in [-0.39, 0.29) is 28.7 Å². The number of rotatable bonds is 4. The molecule has 0 saturated heterocycles. The van der Waals surface area contributed by atoms with Crippen molar-refractivity contribution in [2.45, 2.75) is 65.8 Å². The lowest BCUT2D eigenvalue weighted by Crippen LogP contribution is -2.47. The highest BCUT2D eigenvalue weighted by molar-refractivity contribution is 5.84. The summed E-state index contributed by atoms with van der Waals surface area (Å²) in [5, 5.41) is 3.25. The van der Waals surface area contributed by atoms with Crippen molar-refractivity contribution in [1.29, 1.82) is 0 Å². The molecule has 0 aromatic rings. The molecule has 1 atom stereocenters. The zero-order valence-corrected chi connectivity index (χ0v) is 13.0. The molecule has 3 nitrogen and oxygen atoms in total. The maximum Gasteiger partial charge on any atom is 0.224 e. The van der Waals surface area contributed by atoms with Gasteiger partial charge in [-0.1, -0.05) is 47.0 Å². The molecule has 2 saturated carbocycles. The van der Waals surface area contributed by atoms with Crippen LogP contribution in [0.3, 0.4) is 0 Å². The number of nitrogens with two attached hydrogens (primary N) is 1. The molecule has 3 heteroatoms. The normalized spacial score (nSPS) is 27.8. The first-order chi connectivity index (χ1) is 8.82. The summed E-state index contributed by atoms with van der Waals surface area (Å²) < 4.78 is 0. The second-order valence-corrected chi connectivity index (χ2v) is 7.63. The van der Waals surface area contributed by atoms with E-state index in [2.05, 4.69) is 33.0 Å². The molecule has 110 valence electrons. The van der Waals surface area contributed by atoms with Crippen LogP contribution in [0.15, 0.2) is 0 Å². The first-order valence-electron chi connectivity index (χ1n) is 7.83. The van der Waals surface area contributed by atoms with Gasteiger partial charge in [-0.25, -0.2) is 0 Å². The number of nitrogens with one attached hydrogen (secondary N) is 1. The highest BCUT2D eigenvalue weighted by Crippen LogP contribution is 2.68. The van der Waals surface area contributed by atoms with E-state index < -0.39 is 0 Å². The van der Waals surface area contributed by atoms with Crippen molar-refractivity contribution >= 4 is 5.91 Å². The second-order valence-electron chi connectivity index (χ2n) is 7.63. The Morgan fingerprint density at radius 3 is 2.11 bits per heavy atom. The van der Waals surface area contributed by atoms with Crippen molar-refractivity contribution in [3.05, 3.63) is 0 Å². The van der Waals surface area contributed by atoms with Crippen molar-refractivity contribution in [3.63, 3.8) is 0 Å². The minimum absolute atomic E-state index is 0.114. The van der Waals surface area contributed by atoms with Gasteiger partial charge < -0.3 is 11.1 Å². The zero-order chi connectivity index (χ0) is 14.3. The Kier molecular flexibility index (Phi) is 3.97. The van der Waals surface area contributed by atoms with Crippen LogP contribution in [-0.2, 0) is 4.79 Å². The molecule has 0 aliphatic heterocycles. The Hall–Kier alpha value is -0.570. The third-order valence-corrected chi connectivity index (χ3v) is 6.08. The molecule has 1 unspecified atom stereocenters. The van der Waals surface area contributed by atoms with Crippen molar-refractivity contribution in [1.82, 2.24) is 5.32 Å². The maximum atomic E-state index is 12.5. The standard InChI is InChI=1S/C16H30N2O/c1-15(2)13(16(15,3)4)14(19)18-12(10-17)11-8-6-5-7-9-11/h11-13H,5-10,17H2,1-4H3,(H,18,19). The summed E-state index contributed by atoms with van der Waals surface area (Å²) in [5.74, 6) is 0.946. The van der Waals surface area contributed by atoms with E-state index >= 15 is 0 Å². The Morgan fingerprint density at radius 2 is 1.68 bits per heavy atom. The van der Waals surface area contributed by atoms with Gasteiger partial charge in [0.1, 0.15) is 0 Å². The van der Waals surface area contributed by atoms with Gasteiger partial charge in [0.05, 0.1) is 0 Å². The third-order valence-electron chi connectivity index (χ3n) is 6.08. The SMILES string of the molecule is CC1(C)C(C(=O)NC(CN)C2CCCCC2)C1(C)C. The lowest BCUT2D eigenvalue weighted by Gasteiger charge is -2.30. The Morgan fingerprint density at radius 1 is 1.16 bits per heavy atom. The second kappa shape index (κ2) is 5.08. The number of hydrogen-bond acceptors (Lipinski definition) is 2. The fraction of sp³-hybridized carbons (Fsp3) is 0.938. The van der Waals surface area contributed by atoms with Gasteiger partial charge in [-0.05, 0) is 29.6 Å². The van der Waals surface area contributed by atoms with Crippen molar-refractivity contribution < 1.29 is 4.79 Å². The predicted octanol–water partition coefficient (Wildman–Crippen LogP) is 2.69. The summed E-state index contributed by atoms with van der Waals surface area (Å²) in [6, 6.07) is 0.181. The molecule has 19 heavy (non-hydrogen) atoms. The van der Waals surface area contributed by atoms with Crippen LogP contribution >= 0.6 is 0 Å². The highest BCUT2D eigenvalue weighted by Gasteiger charge is 2.68. The zero-order valence-electron chi connectivity index (χ0n) is 13.0. The van der Waals surface area contributed by atoms with Gasteiger partial charge in [0.2, 0.25) is 5.91 Å². The number of hydrogen-bond donors (Lipinski definition) is 2. The monoisotopic (exact) mass is 266 g/mol. The fourth-order valence-electron chi connectivity index (χ4n) is 4.02. The number of carbonyl (C=O) groups is 1. The molecule has 2 rings (SSSR count). The molecular formula is C16H30N2O. The van der Waals surface area contributed by atoms with Crippen LogP contribution in [0, 0.1) is 22.7 Å². The Bertz CT molecular complexity index is 329. The fourth-order valence-corrected chi connectivity index (χ4v) is 4.02. The molecule has 0 heterocycles. The lowest BCUT2D eigenvalue weighted by atomic mass is 9.83.